The number of nitrogens with zero attached hydrogens (tertiary/aromatic N) is 1. The zero-order valence-electron chi connectivity index (χ0n) is 9.03. The molecule has 1 aromatic rings. The number of rotatable bonds is 4. The van der Waals surface area contributed by atoms with Crippen LogP contribution in [0.4, 0.5) is 0 Å². The van der Waals surface area contributed by atoms with Crippen molar-refractivity contribution in [3.8, 4) is 5.75 Å². The SMILES string of the molecule is CC(C)C(C)Oc1ccc(CN)nc1. The number of nitrogens with two attached hydrogens (primary N) is 1. The van der Waals surface area contributed by atoms with Crippen molar-refractivity contribution in [3.63, 3.8) is 0 Å². The first kappa shape index (κ1) is 11.0. The Labute approximate surface area is 85.3 Å². The van der Waals surface area contributed by atoms with Gasteiger partial charge in [-0.3, -0.25) is 4.98 Å². The first-order chi connectivity index (χ1) is 6.63. The van der Waals surface area contributed by atoms with Crippen LogP contribution in [0.2, 0.25) is 0 Å². The third-order valence-corrected chi connectivity index (χ3v) is 2.27. The van der Waals surface area contributed by atoms with E-state index in [2.05, 4.69) is 25.8 Å². The van der Waals surface area contributed by atoms with E-state index in [0.717, 1.165) is 11.4 Å². The van der Waals surface area contributed by atoms with E-state index in [9.17, 15) is 0 Å². The van der Waals surface area contributed by atoms with Crippen LogP contribution in [0.1, 0.15) is 26.5 Å². The molecule has 0 bridgehead atoms. The molecule has 0 aliphatic carbocycles. The molecule has 3 heteroatoms. The summed E-state index contributed by atoms with van der Waals surface area (Å²) < 4.78 is 5.67. The number of ether oxygens (including phenoxy) is 1. The summed E-state index contributed by atoms with van der Waals surface area (Å²) in [6.45, 7) is 6.79. The van der Waals surface area contributed by atoms with Gasteiger partial charge < -0.3 is 10.5 Å². The van der Waals surface area contributed by atoms with Gasteiger partial charge in [0.2, 0.25) is 0 Å². The predicted octanol–water partition coefficient (Wildman–Crippen LogP) is 1.96. The van der Waals surface area contributed by atoms with Crippen molar-refractivity contribution in [3.05, 3.63) is 24.0 Å². The molecule has 0 aromatic carbocycles. The highest BCUT2D eigenvalue weighted by molar-refractivity contribution is 5.20. The second-order valence-electron chi connectivity index (χ2n) is 3.76. The average molecular weight is 194 g/mol. The zero-order valence-corrected chi connectivity index (χ0v) is 9.03. The van der Waals surface area contributed by atoms with Gasteiger partial charge in [-0.1, -0.05) is 13.8 Å². The van der Waals surface area contributed by atoms with E-state index < -0.39 is 0 Å². The molecule has 1 heterocycles. The standard InChI is InChI=1S/C11H18N2O/c1-8(2)9(3)14-11-5-4-10(6-12)13-7-11/h4-5,7-9H,6,12H2,1-3H3. The highest BCUT2D eigenvalue weighted by atomic mass is 16.5. The fraction of sp³-hybridized carbons (Fsp3) is 0.545. The van der Waals surface area contributed by atoms with Gasteiger partial charge >= 0.3 is 0 Å². The van der Waals surface area contributed by atoms with Crippen LogP contribution in [-0.2, 0) is 6.54 Å². The van der Waals surface area contributed by atoms with Crippen molar-refractivity contribution >= 4 is 0 Å². The van der Waals surface area contributed by atoms with Gasteiger partial charge in [-0.25, -0.2) is 0 Å². The number of pyridine rings is 1. The highest BCUT2D eigenvalue weighted by Gasteiger charge is 2.08. The molecule has 3 nitrogen and oxygen atoms in total. The Kier molecular flexibility index (Phi) is 3.89. The van der Waals surface area contributed by atoms with E-state index in [1.54, 1.807) is 6.20 Å². The van der Waals surface area contributed by atoms with Crippen LogP contribution in [0.5, 0.6) is 5.75 Å². The van der Waals surface area contributed by atoms with Crippen LogP contribution in [0.25, 0.3) is 0 Å². The molecule has 1 atom stereocenters. The molecule has 0 saturated heterocycles. The Morgan fingerprint density at radius 2 is 2.07 bits per heavy atom. The van der Waals surface area contributed by atoms with Crippen molar-refractivity contribution in [2.45, 2.75) is 33.4 Å². The molecule has 1 unspecified atom stereocenters. The molecular formula is C11H18N2O. The summed E-state index contributed by atoms with van der Waals surface area (Å²) >= 11 is 0. The minimum Gasteiger partial charge on any atom is -0.489 e. The molecule has 0 aliphatic heterocycles. The Bertz CT molecular complexity index is 269. The maximum Gasteiger partial charge on any atom is 0.138 e. The zero-order chi connectivity index (χ0) is 10.6. The molecule has 0 saturated carbocycles. The lowest BCUT2D eigenvalue weighted by molar-refractivity contribution is 0.170. The largest absolute Gasteiger partial charge is 0.489 e. The van der Waals surface area contributed by atoms with Crippen LogP contribution >= 0.6 is 0 Å². The molecule has 78 valence electrons. The Balaban J connectivity index is 2.59. The quantitative estimate of drug-likeness (QED) is 0.797. The predicted molar refractivity (Wildman–Crippen MR) is 57.1 cm³/mol. The molecule has 0 fully saturated rings. The number of hydrogen-bond acceptors (Lipinski definition) is 3. The monoisotopic (exact) mass is 194 g/mol. The van der Waals surface area contributed by atoms with E-state index in [4.69, 9.17) is 10.5 Å². The van der Waals surface area contributed by atoms with Gasteiger partial charge in [0.1, 0.15) is 5.75 Å². The van der Waals surface area contributed by atoms with E-state index >= 15 is 0 Å². The summed E-state index contributed by atoms with van der Waals surface area (Å²) in [4.78, 5) is 4.16. The lowest BCUT2D eigenvalue weighted by Gasteiger charge is -2.17. The van der Waals surface area contributed by atoms with E-state index in [-0.39, 0.29) is 6.10 Å². The normalized spacial score (nSPS) is 12.9. The van der Waals surface area contributed by atoms with Gasteiger partial charge in [0, 0.05) is 6.54 Å². The minimum absolute atomic E-state index is 0.209. The van der Waals surface area contributed by atoms with Crippen molar-refractivity contribution < 1.29 is 4.74 Å². The molecule has 0 radical (unpaired) electrons. The van der Waals surface area contributed by atoms with Gasteiger partial charge in [0.25, 0.3) is 0 Å². The Morgan fingerprint density at radius 1 is 1.36 bits per heavy atom. The van der Waals surface area contributed by atoms with Gasteiger partial charge in [-0.05, 0) is 25.0 Å². The van der Waals surface area contributed by atoms with Gasteiger partial charge in [-0.15, -0.1) is 0 Å². The molecular weight excluding hydrogens is 176 g/mol. The van der Waals surface area contributed by atoms with E-state index in [1.165, 1.54) is 0 Å². The van der Waals surface area contributed by atoms with E-state index in [0.29, 0.717) is 12.5 Å². The molecule has 0 amide bonds. The van der Waals surface area contributed by atoms with Crippen LogP contribution in [0.3, 0.4) is 0 Å². The second-order valence-corrected chi connectivity index (χ2v) is 3.76. The molecule has 0 aliphatic rings. The Morgan fingerprint density at radius 3 is 2.50 bits per heavy atom. The van der Waals surface area contributed by atoms with Gasteiger partial charge in [-0.2, -0.15) is 0 Å². The summed E-state index contributed by atoms with van der Waals surface area (Å²) in [6.07, 6.45) is 1.93. The molecule has 0 spiro atoms. The van der Waals surface area contributed by atoms with Crippen LogP contribution < -0.4 is 10.5 Å². The van der Waals surface area contributed by atoms with Crippen LogP contribution in [0.15, 0.2) is 18.3 Å². The van der Waals surface area contributed by atoms with Crippen LogP contribution in [-0.4, -0.2) is 11.1 Å². The summed E-state index contributed by atoms with van der Waals surface area (Å²) in [5.41, 5.74) is 6.33. The topological polar surface area (TPSA) is 48.1 Å². The van der Waals surface area contributed by atoms with Crippen LogP contribution in [0, 0.1) is 5.92 Å². The summed E-state index contributed by atoms with van der Waals surface area (Å²) in [6, 6.07) is 3.80. The van der Waals surface area contributed by atoms with E-state index in [1.807, 2.05) is 12.1 Å². The van der Waals surface area contributed by atoms with Crippen molar-refractivity contribution in [1.82, 2.24) is 4.98 Å². The summed E-state index contributed by atoms with van der Waals surface area (Å²) in [7, 11) is 0. The second kappa shape index (κ2) is 4.96. The maximum atomic E-state index is 5.67. The van der Waals surface area contributed by atoms with Gasteiger partial charge in [0.15, 0.2) is 0 Å². The van der Waals surface area contributed by atoms with Crippen molar-refractivity contribution in [2.24, 2.45) is 11.7 Å². The average Bonchev–Trinajstić information content (AvgIpc) is 2.19. The third-order valence-electron chi connectivity index (χ3n) is 2.27. The lowest BCUT2D eigenvalue weighted by atomic mass is 10.1. The molecule has 14 heavy (non-hydrogen) atoms. The number of aromatic nitrogens is 1. The smallest absolute Gasteiger partial charge is 0.138 e. The summed E-state index contributed by atoms with van der Waals surface area (Å²) in [5.74, 6) is 1.31. The first-order valence-corrected chi connectivity index (χ1v) is 4.95. The molecule has 1 rings (SSSR count). The molecule has 2 N–H and O–H groups in total. The minimum atomic E-state index is 0.209. The first-order valence-electron chi connectivity index (χ1n) is 4.95. The summed E-state index contributed by atoms with van der Waals surface area (Å²) in [5, 5.41) is 0. The third kappa shape index (κ3) is 3.00. The Hall–Kier alpha value is -1.09. The molecule has 1 aromatic heterocycles. The fourth-order valence-corrected chi connectivity index (χ4v) is 0.952. The highest BCUT2D eigenvalue weighted by Crippen LogP contribution is 2.14. The van der Waals surface area contributed by atoms with Gasteiger partial charge in [0.05, 0.1) is 18.0 Å². The lowest BCUT2D eigenvalue weighted by Crippen LogP contribution is -2.18. The maximum absolute atomic E-state index is 5.67. The van der Waals surface area contributed by atoms with Crippen molar-refractivity contribution in [2.75, 3.05) is 0 Å². The van der Waals surface area contributed by atoms with Crippen molar-refractivity contribution in [1.29, 1.82) is 0 Å². The fourth-order valence-electron chi connectivity index (χ4n) is 0.952. The number of hydrogen-bond donors (Lipinski definition) is 1.